The summed E-state index contributed by atoms with van der Waals surface area (Å²) in [6, 6.07) is 6.00. The molecule has 0 aliphatic rings. The highest BCUT2D eigenvalue weighted by molar-refractivity contribution is 5.75. The van der Waals surface area contributed by atoms with Crippen molar-refractivity contribution in [3.8, 4) is 5.75 Å². The highest BCUT2D eigenvalue weighted by atomic mass is 16.5. The van der Waals surface area contributed by atoms with Crippen molar-refractivity contribution in [2.75, 3.05) is 6.61 Å². The zero-order chi connectivity index (χ0) is 14.4. The predicted molar refractivity (Wildman–Crippen MR) is 74.3 cm³/mol. The number of hydrogen-bond donors (Lipinski definition) is 2. The first-order chi connectivity index (χ1) is 9.63. The maximum Gasteiger partial charge on any atom is 0.223 e. The lowest BCUT2D eigenvalue weighted by atomic mass is 10.1. The Morgan fingerprint density at radius 3 is 2.70 bits per heavy atom. The van der Waals surface area contributed by atoms with Crippen molar-refractivity contribution in [3.05, 3.63) is 41.5 Å². The van der Waals surface area contributed by atoms with Gasteiger partial charge in [-0.05, 0) is 37.1 Å². The van der Waals surface area contributed by atoms with Crippen molar-refractivity contribution in [1.29, 1.82) is 0 Å². The van der Waals surface area contributed by atoms with Crippen LogP contribution in [0.5, 0.6) is 5.75 Å². The van der Waals surface area contributed by atoms with Crippen LogP contribution < -0.4 is 10.1 Å². The number of rotatable bonds is 6. The van der Waals surface area contributed by atoms with Gasteiger partial charge in [-0.15, -0.1) is 0 Å². The molecule has 0 atom stereocenters. The summed E-state index contributed by atoms with van der Waals surface area (Å²) >= 11 is 0. The third kappa shape index (κ3) is 4.38. The average molecular weight is 274 g/mol. The number of aryl methyl sites for hydroxylation is 2. The number of ether oxygens (including phenoxy) is 1. The van der Waals surface area contributed by atoms with Crippen molar-refractivity contribution < 1.29 is 9.53 Å². The van der Waals surface area contributed by atoms with Crippen LogP contribution in [0.15, 0.2) is 24.5 Å². The van der Waals surface area contributed by atoms with Gasteiger partial charge in [-0.3, -0.25) is 9.89 Å². The van der Waals surface area contributed by atoms with Crippen LogP contribution in [0.3, 0.4) is 0 Å². The number of benzene rings is 1. The lowest BCUT2D eigenvalue weighted by Gasteiger charge is -2.08. The molecule has 1 heterocycles. The summed E-state index contributed by atoms with van der Waals surface area (Å²) in [7, 11) is 0. The lowest BCUT2D eigenvalue weighted by molar-refractivity contribution is -0.121. The Morgan fingerprint density at radius 1 is 1.30 bits per heavy atom. The predicted octanol–water partition coefficient (Wildman–Crippen LogP) is 1.51. The van der Waals surface area contributed by atoms with Gasteiger partial charge in [-0.25, -0.2) is 4.98 Å². The number of amides is 1. The van der Waals surface area contributed by atoms with E-state index in [4.69, 9.17) is 4.74 Å². The summed E-state index contributed by atoms with van der Waals surface area (Å²) in [6.07, 6.45) is 1.71. The Hall–Kier alpha value is -2.37. The molecule has 1 amide bonds. The van der Waals surface area contributed by atoms with Gasteiger partial charge in [0.25, 0.3) is 0 Å². The van der Waals surface area contributed by atoms with Gasteiger partial charge in [-0.2, -0.15) is 5.10 Å². The van der Waals surface area contributed by atoms with Gasteiger partial charge in [0, 0.05) is 0 Å². The molecule has 0 bridgehead atoms. The highest BCUT2D eigenvalue weighted by Crippen LogP contribution is 2.16. The Bertz CT molecular complexity index is 546. The fourth-order valence-corrected chi connectivity index (χ4v) is 1.86. The normalized spacial score (nSPS) is 10.3. The van der Waals surface area contributed by atoms with Crippen LogP contribution in [0.2, 0.25) is 0 Å². The number of nitrogens with one attached hydrogen (secondary N) is 2. The SMILES string of the molecule is Cc1cc(C)cc(OCCC(=O)NCc2ncn[nH]2)c1. The van der Waals surface area contributed by atoms with Crippen molar-refractivity contribution in [2.45, 2.75) is 26.8 Å². The first-order valence-corrected chi connectivity index (χ1v) is 6.45. The molecule has 0 radical (unpaired) electrons. The number of carbonyl (C=O) groups is 1. The lowest BCUT2D eigenvalue weighted by Crippen LogP contribution is -2.25. The molecule has 1 aromatic heterocycles. The molecule has 0 aliphatic heterocycles. The minimum atomic E-state index is -0.0780. The van der Waals surface area contributed by atoms with Crippen LogP contribution >= 0.6 is 0 Å². The van der Waals surface area contributed by atoms with Crippen LogP contribution in [-0.2, 0) is 11.3 Å². The monoisotopic (exact) mass is 274 g/mol. The summed E-state index contributed by atoms with van der Waals surface area (Å²) in [5.74, 6) is 1.35. The fraction of sp³-hybridized carbons (Fsp3) is 0.357. The zero-order valence-corrected chi connectivity index (χ0v) is 11.6. The number of nitrogens with zero attached hydrogens (tertiary/aromatic N) is 2. The van der Waals surface area contributed by atoms with E-state index in [1.165, 1.54) is 6.33 Å². The minimum Gasteiger partial charge on any atom is -0.493 e. The van der Waals surface area contributed by atoms with Gasteiger partial charge < -0.3 is 10.1 Å². The van der Waals surface area contributed by atoms with Crippen molar-refractivity contribution in [2.24, 2.45) is 0 Å². The second kappa shape index (κ2) is 6.70. The number of H-pyrrole nitrogens is 1. The first kappa shape index (κ1) is 14.0. The molecule has 0 aliphatic carbocycles. The third-order valence-electron chi connectivity index (χ3n) is 2.71. The molecule has 0 saturated carbocycles. The van der Waals surface area contributed by atoms with Crippen LogP contribution in [0.25, 0.3) is 0 Å². The van der Waals surface area contributed by atoms with Gasteiger partial charge in [0.1, 0.15) is 17.9 Å². The van der Waals surface area contributed by atoms with E-state index < -0.39 is 0 Å². The van der Waals surface area contributed by atoms with Gasteiger partial charge >= 0.3 is 0 Å². The molecule has 0 saturated heterocycles. The van der Waals surface area contributed by atoms with E-state index in [-0.39, 0.29) is 5.91 Å². The quantitative estimate of drug-likeness (QED) is 0.836. The Kier molecular flexibility index (Phi) is 4.70. The summed E-state index contributed by atoms with van der Waals surface area (Å²) in [4.78, 5) is 15.5. The number of hydrogen-bond acceptors (Lipinski definition) is 4. The second-order valence-electron chi connectivity index (χ2n) is 4.63. The van der Waals surface area contributed by atoms with Gasteiger partial charge in [0.2, 0.25) is 5.91 Å². The van der Waals surface area contributed by atoms with E-state index in [9.17, 15) is 4.79 Å². The number of aromatic amines is 1. The molecule has 6 nitrogen and oxygen atoms in total. The Labute approximate surface area is 117 Å². The van der Waals surface area contributed by atoms with E-state index in [0.717, 1.165) is 16.9 Å². The van der Waals surface area contributed by atoms with E-state index in [2.05, 4.69) is 26.6 Å². The van der Waals surface area contributed by atoms with Crippen molar-refractivity contribution in [3.63, 3.8) is 0 Å². The summed E-state index contributed by atoms with van der Waals surface area (Å²) in [5.41, 5.74) is 2.30. The van der Waals surface area contributed by atoms with E-state index >= 15 is 0 Å². The molecular formula is C14H18N4O2. The molecule has 6 heteroatoms. The topological polar surface area (TPSA) is 79.9 Å². The zero-order valence-electron chi connectivity index (χ0n) is 11.6. The van der Waals surface area contributed by atoms with E-state index in [1.807, 2.05) is 26.0 Å². The van der Waals surface area contributed by atoms with Crippen LogP contribution in [0, 0.1) is 13.8 Å². The molecule has 0 fully saturated rings. The molecule has 2 aromatic rings. The van der Waals surface area contributed by atoms with Crippen LogP contribution in [0.1, 0.15) is 23.4 Å². The fourth-order valence-electron chi connectivity index (χ4n) is 1.86. The summed E-state index contributed by atoms with van der Waals surface area (Å²) < 4.78 is 5.58. The molecule has 2 N–H and O–H groups in total. The summed E-state index contributed by atoms with van der Waals surface area (Å²) in [5, 5.41) is 9.13. The average Bonchev–Trinajstić information content (AvgIpc) is 2.88. The standard InChI is InChI=1S/C14H18N4O2/c1-10-5-11(2)7-12(6-10)20-4-3-14(19)15-8-13-16-9-17-18-13/h5-7,9H,3-4,8H2,1-2H3,(H,15,19)(H,16,17,18). The van der Waals surface area contributed by atoms with Gasteiger partial charge in [0.15, 0.2) is 0 Å². The molecule has 2 rings (SSSR count). The Balaban J connectivity index is 1.71. The Morgan fingerprint density at radius 2 is 2.05 bits per heavy atom. The minimum absolute atomic E-state index is 0.0780. The number of carbonyl (C=O) groups excluding carboxylic acids is 1. The maximum absolute atomic E-state index is 11.6. The van der Waals surface area contributed by atoms with E-state index in [1.54, 1.807) is 0 Å². The van der Waals surface area contributed by atoms with Gasteiger partial charge in [0.05, 0.1) is 19.6 Å². The van der Waals surface area contributed by atoms with Crippen LogP contribution in [-0.4, -0.2) is 27.7 Å². The van der Waals surface area contributed by atoms with Gasteiger partial charge in [-0.1, -0.05) is 6.07 Å². The van der Waals surface area contributed by atoms with Crippen molar-refractivity contribution >= 4 is 5.91 Å². The third-order valence-corrected chi connectivity index (χ3v) is 2.71. The highest BCUT2D eigenvalue weighted by Gasteiger charge is 2.04. The molecule has 0 spiro atoms. The molecule has 1 aromatic carbocycles. The number of aromatic nitrogens is 3. The largest absolute Gasteiger partial charge is 0.493 e. The second-order valence-corrected chi connectivity index (χ2v) is 4.63. The molecule has 0 unspecified atom stereocenters. The van der Waals surface area contributed by atoms with Crippen molar-refractivity contribution in [1.82, 2.24) is 20.5 Å². The maximum atomic E-state index is 11.6. The smallest absolute Gasteiger partial charge is 0.223 e. The summed E-state index contributed by atoms with van der Waals surface area (Å²) in [6.45, 7) is 4.74. The van der Waals surface area contributed by atoms with E-state index in [0.29, 0.717) is 25.4 Å². The molecular weight excluding hydrogens is 256 g/mol. The first-order valence-electron chi connectivity index (χ1n) is 6.45. The van der Waals surface area contributed by atoms with Crippen LogP contribution in [0.4, 0.5) is 0 Å². The molecule has 20 heavy (non-hydrogen) atoms. The molecule has 106 valence electrons.